The van der Waals surface area contributed by atoms with Crippen molar-refractivity contribution in [3.05, 3.63) is 109 Å². The zero-order chi connectivity index (χ0) is 28.2. The number of carbonyl (C=O) groups is 2. The van der Waals surface area contributed by atoms with Crippen molar-refractivity contribution < 1.29 is 14.7 Å². The van der Waals surface area contributed by atoms with Crippen LogP contribution in [0, 0.1) is 0 Å². The van der Waals surface area contributed by atoms with Gasteiger partial charge >= 0.3 is 6.09 Å². The monoisotopic (exact) mass is 549 g/mol. The second-order valence-corrected chi connectivity index (χ2v) is 10.9. The van der Waals surface area contributed by atoms with Crippen LogP contribution in [0.4, 0.5) is 10.5 Å². The first-order valence-corrected chi connectivity index (χ1v) is 14.3. The lowest BCUT2D eigenvalue weighted by molar-refractivity contribution is 0.0447. The Hall–Kier alpha value is -4.59. The molecule has 3 heterocycles. The van der Waals surface area contributed by atoms with Gasteiger partial charge in [0.1, 0.15) is 0 Å². The summed E-state index contributed by atoms with van der Waals surface area (Å²) in [5, 5.41) is 9.71. The van der Waals surface area contributed by atoms with Crippen LogP contribution in [-0.2, 0) is 6.42 Å². The lowest BCUT2D eigenvalue weighted by atomic mass is 10.00. The zero-order valence-corrected chi connectivity index (χ0v) is 23.0. The number of amides is 2. The number of carboxylic acid groups (broad SMARTS) is 1. The van der Waals surface area contributed by atoms with Crippen molar-refractivity contribution in [2.45, 2.75) is 31.3 Å². The second-order valence-electron chi connectivity index (χ2n) is 10.9. The summed E-state index contributed by atoms with van der Waals surface area (Å²) in [6.07, 6.45) is 3.50. The molecule has 0 aliphatic carbocycles. The van der Waals surface area contributed by atoms with Gasteiger partial charge in [0, 0.05) is 44.0 Å². The molecular formula is C33H35N5O3. The number of piperidine rings is 1. The van der Waals surface area contributed by atoms with Gasteiger partial charge in [-0.2, -0.15) is 0 Å². The summed E-state index contributed by atoms with van der Waals surface area (Å²) in [6, 6.07) is 30.3. The Morgan fingerprint density at radius 3 is 2.22 bits per heavy atom. The highest BCUT2D eigenvalue weighted by molar-refractivity contribution is 5.98. The number of hydrogen-bond donors (Lipinski definition) is 1. The molecule has 0 bridgehead atoms. The van der Waals surface area contributed by atoms with Gasteiger partial charge in [0.05, 0.1) is 24.1 Å². The normalized spacial score (nSPS) is 19.3. The van der Waals surface area contributed by atoms with Gasteiger partial charge < -0.3 is 24.4 Å². The van der Waals surface area contributed by atoms with Crippen LogP contribution in [-0.4, -0.2) is 75.2 Å². The van der Waals surface area contributed by atoms with Crippen molar-refractivity contribution in [1.29, 1.82) is 0 Å². The van der Waals surface area contributed by atoms with Gasteiger partial charge in [-0.1, -0.05) is 78.9 Å². The summed E-state index contributed by atoms with van der Waals surface area (Å²) >= 11 is 0. The maximum atomic E-state index is 14.3. The lowest BCUT2D eigenvalue weighted by Crippen LogP contribution is -2.57. The molecule has 0 radical (unpaired) electrons. The van der Waals surface area contributed by atoms with E-state index in [0.29, 0.717) is 18.7 Å². The Balaban J connectivity index is 1.34. The first kappa shape index (κ1) is 26.6. The molecule has 210 valence electrons. The Labute approximate surface area is 240 Å². The third-order valence-electron chi connectivity index (χ3n) is 8.28. The SMILES string of the molecule is O=C(O)N1CCN(C(=O)c2ncn(C3CCCN(c4ccccc4)C3)c2-c2ccccc2)[C@H](Cc2ccccc2)C1. The average molecular weight is 550 g/mol. The summed E-state index contributed by atoms with van der Waals surface area (Å²) in [5.74, 6) is -0.149. The molecule has 4 aromatic rings. The summed E-state index contributed by atoms with van der Waals surface area (Å²) < 4.78 is 2.19. The standard InChI is InChI=1S/C33H35N5O3/c39-32(37-20-19-36(33(40)41)23-29(37)21-25-11-4-1-5-12-25)30-31(26-13-6-2-7-14-26)38(24-34-30)28-17-10-18-35(22-28)27-15-8-3-9-16-27/h1-9,11-16,24,28-29H,10,17-23H2,(H,40,41)/t28?,29-/m1/s1. The molecule has 2 aliphatic rings. The van der Waals surface area contributed by atoms with Crippen LogP contribution in [0.1, 0.15) is 34.9 Å². The maximum Gasteiger partial charge on any atom is 0.407 e. The average Bonchev–Trinajstić information content (AvgIpc) is 3.47. The minimum atomic E-state index is -0.954. The molecule has 1 N–H and O–H groups in total. The van der Waals surface area contributed by atoms with Crippen LogP contribution in [0.3, 0.4) is 0 Å². The Morgan fingerprint density at radius 2 is 1.51 bits per heavy atom. The quantitative estimate of drug-likeness (QED) is 0.347. The number of carbonyl (C=O) groups excluding carboxylic acids is 1. The van der Waals surface area contributed by atoms with Crippen LogP contribution < -0.4 is 4.90 Å². The maximum absolute atomic E-state index is 14.3. The van der Waals surface area contributed by atoms with Crippen molar-refractivity contribution >= 4 is 17.7 Å². The summed E-state index contributed by atoms with van der Waals surface area (Å²) in [6.45, 7) is 2.71. The van der Waals surface area contributed by atoms with Gasteiger partial charge in [-0.3, -0.25) is 4.79 Å². The summed E-state index contributed by atoms with van der Waals surface area (Å²) in [4.78, 5) is 36.6. The highest BCUT2D eigenvalue weighted by Crippen LogP contribution is 2.33. The van der Waals surface area contributed by atoms with Crippen LogP contribution in [0.5, 0.6) is 0 Å². The largest absolute Gasteiger partial charge is 0.465 e. The van der Waals surface area contributed by atoms with E-state index in [2.05, 4.69) is 33.7 Å². The van der Waals surface area contributed by atoms with Crippen LogP contribution in [0.2, 0.25) is 0 Å². The molecule has 1 aromatic heterocycles. The fraction of sp³-hybridized carbons (Fsp3) is 0.303. The fourth-order valence-corrected chi connectivity index (χ4v) is 6.22. The number of piperazine rings is 1. The molecule has 41 heavy (non-hydrogen) atoms. The van der Waals surface area contributed by atoms with E-state index < -0.39 is 6.09 Å². The second kappa shape index (κ2) is 11.9. The molecule has 3 aromatic carbocycles. The molecule has 8 nitrogen and oxygen atoms in total. The van der Waals surface area contributed by atoms with Gasteiger partial charge in [-0.15, -0.1) is 0 Å². The van der Waals surface area contributed by atoms with Crippen molar-refractivity contribution in [2.24, 2.45) is 0 Å². The zero-order valence-electron chi connectivity index (χ0n) is 23.0. The van der Waals surface area contributed by atoms with E-state index in [-0.39, 0.29) is 31.1 Å². The molecular weight excluding hydrogens is 514 g/mol. The third-order valence-corrected chi connectivity index (χ3v) is 8.28. The van der Waals surface area contributed by atoms with Crippen molar-refractivity contribution in [1.82, 2.24) is 19.4 Å². The Kier molecular flexibility index (Phi) is 7.71. The number of rotatable bonds is 6. The molecule has 1 unspecified atom stereocenters. The molecule has 0 spiro atoms. The van der Waals surface area contributed by atoms with Crippen LogP contribution in [0.15, 0.2) is 97.3 Å². The minimum Gasteiger partial charge on any atom is -0.465 e. The first-order valence-electron chi connectivity index (χ1n) is 14.3. The topological polar surface area (TPSA) is 81.9 Å². The molecule has 2 aliphatic heterocycles. The predicted molar refractivity (Wildman–Crippen MR) is 159 cm³/mol. The van der Waals surface area contributed by atoms with Gasteiger partial charge in [0.15, 0.2) is 5.69 Å². The molecule has 2 fully saturated rings. The van der Waals surface area contributed by atoms with Gasteiger partial charge in [-0.05, 0) is 37.0 Å². The number of para-hydroxylation sites is 1. The number of nitrogens with zero attached hydrogens (tertiary/aromatic N) is 5. The van der Waals surface area contributed by atoms with E-state index in [4.69, 9.17) is 4.98 Å². The number of hydrogen-bond acceptors (Lipinski definition) is 4. The van der Waals surface area contributed by atoms with Gasteiger partial charge in [-0.25, -0.2) is 9.78 Å². The van der Waals surface area contributed by atoms with E-state index in [9.17, 15) is 14.7 Å². The Morgan fingerprint density at radius 1 is 0.829 bits per heavy atom. The van der Waals surface area contributed by atoms with Crippen molar-refractivity contribution in [2.75, 3.05) is 37.6 Å². The fourth-order valence-electron chi connectivity index (χ4n) is 6.22. The molecule has 6 rings (SSSR count). The molecule has 2 atom stereocenters. The number of imidazole rings is 1. The highest BCUT2D eigenvalue weighted by atomic mass is 16.4. The number of aromatic nitrogens is 2. The number of benzene rings is 3. The minimum absolute atomic E-state index is 0.149. The lowest BCUT2D eigenvalue weighted by Gasteiger charge is -2.40. The third kappa shape index (κ3) is 5.68. The van der Waals surface area contributed by atoms with E-state index in [1.807, 2.05) is 78.0 Å². The summed E-state index contributed by atoms with van der Waals surface area (Å²) in [5.41, 5.74) is 4.48. The molecule has 2 amide bonds. The van der Waals surface area contributed by atoms with Crippen molar-refractivity contribution in [3.63, 3.8) is 0 Å². The highest BCUT2D eigenvalue weighted by Gasteiger charge is 2.36. The molecule has 8 heteroatoms. The van der Waals surface area contributed by atoms with E-state index in [0.717, 1.165) is 42.8 Å². The van der Waals surface area contributed by atoms with Gasteiger partial charge in [0.25, 0.3) is 5.91 Å². The van der Waals surface area contributed by atoms with Crippen LogP contribution in [0.25, 0.3) is 11.3 Å². The molecule has 0 saturated carbocycles. The van der Waals surface area contributed by atoms with E-state index >= 15 is 0 Å². The first-order chi connectivity index (χ1) is 20.1. The van der Waals surface area contributed by atoms with E-state index in [1.165, 1.54) is 10.6 Å². The van der Waals surface area contributed by atoms with E-state index in [1.54, 1.807) is 0 Å². The van der Waals surface area contributed by atoms with Crippen LogP contribution >= 0.6 is 0 Å². The predicted octanol–water partition coefficient (Wildman–Crippen LogP) is 5.44. The smallest absolute Gasteiger partial charge is 0.407 e. The summed E-state index contributed by atoms with van der Waals surface area (Å²) in [7, 11) is 0. The Bertz CT molecular complexity index is 1470. The van der Waals surface area contributed by atoms with Crippen molar-refractivity contribution in [3.8, 4) is 11.3 Å². The number of anilines is 1. The molecule has 2 saturated heterocycles. The van der Waals surface area contributed by atoms with Gasteiger partial charge in [0.2, 0.25) is 0 Å².